The van der Waals surface area contributed by atoms with Gasteiger partial charge in [0.2, 0.25) is 0 Å². The number of amides is 1. The first-order chi connectivity index (χ1) is 9.16. The molecular weight excluding hydrogens is 282 g/mol. The standard InChI is InChI=1S/C13H17NO5S/c1-4-9-5-6-10(20(3,18)19)7-11(9)13(17)14(2)8-12(15)16/h5-7H,4,8H2,1-3H3,(H,15,16). The van der Waals surface area contributed by atoms with E-state index in [2.05, 4.69) is 0 Å². The Morgan fingerprint density at radius 2 is 1.90 bits per heavy atom. The summed E-state index contributed by atoms with van der Waals surface area (Å²) in [7, 11) is -2.06. The summed E-state index contributed by atoms with van der Waals surface area (Å²) in [6, 6.07) is 4.33. The number of aliphatic carboxylic acids is 1. The van der Waals surface area contributed by atoms with Crippen molar-refractivity contribution < 1.29 is 23.1 Å². The molecule has 20 heavy (non-hydrogen) atoms. The summed E-state index contributed by atoms with van der Waals surface area (Å²) in [6.45, 7) is 1.40. The Balaban J connectivity index is 3.27. The lowest BCUT2D eigenvalue weighted by Crippen LogP contribution is -2.32. The summed E-state index contributed by atoms with van der Waals surface area (Å²) in [6.07, 6.45) is 1.61. The minimum Gasteiger partial charge on any atom is -0.480 e. The molecule has 1 N–H and O–H groups in total. The van der Waals surface area contributed by atoms with Crippen LogP contribution in [0.25, 0.3) is 0 Å². The first-order valence-electron chi connectivity index (χ1n) is 5.97. The number of carbonyl (C=O) groups is 2. The number of sulfone groups is 1. The zero-order valence-corrected chi connectivity index (χ0v) is 12.4. The summed E-state index contributed by atoms with van der Waals surface area (Å²) in [4.78, 5) is 23.9. The number of rotatable bonds is 5. The van der Waals surface area contributed by atoms with E-state index in [1.165, 1.54) is 19.2 Å². The van der Waals surface area contributed by atoms with Gasteiger partial charge in [-0.05, 0) is 24.1 Å². The monoisotopic (exact) mass is 299 g/mol. The summed E-state index contributed by atoms with van der Waals surface area (Å²) < 4.78 is 23.1. The molecule has 0 aromatic heterocycles. The van der Waals surface area contributed by atoms with Gasteiger partial charge in [0.25, 0.3) is 5.91 Å². The Bertz CT molecular complexity index is 636. The summed E-state index contributed by atoms with van der Waals surface area (Å²) in [5, 5.41) is 8.70. The van der Waals surface area contributed by atoms with E-state index in [9.17, 15) is 18.0 Å². The molecule has 0 unspecified atom stereocenters. The molecule has 1 rings (SSSR count). The predicted octanol–water partition coefficient (Wildman–Crippen LogP) is 0.809. The van der Waals surface area contributed by atoms with E-state index in [0.717, 1.165) is 11.2 Å². The van der Waals surface area contributed by atoms with Crippen LogP contribution in [0.1, 0.15) is 22.8 Å². The van der Waals surface area contributed by atoms with Gasteiger partial charge in [-0.15, -0.1) is 0 Å². The Kier molecular flexibility index (Phi) is 4.88. The van der Waals surface area contributed by atoms with Gasteiger partial charge in [0, 0.05) is 18.9 Å². The molecule has 110 valence electrons. The van der Waals surface area contributed by atoms with Crippen LogP contribution in [0, 0.1) is 0 Å². The minimum atomic E-state index is -3.42. The fraction of sp³-hybridized carbons (Fsp3) is 0.385. The number of hydrogen-bond acceptors (Lipinski definition) is 4. The van der Waals surface area contributed by atoms with Crippen molar-refractivity contribution in [2.24, 2.45) is 0 Å². The topological polar surface area (TPSA) is 91.8 Å². The molecule has 0 heterocycles. The highest BCUT2D eigenvalue weighted by Crippen LogP contribution is 2.18. The van der Waals surface area contributed by atoms with Gasteiger partial charge < -0.3 is 10.0 Å². The molecule has 1 aromatic carbocycles. The average molecular weight is 299 g/mol. The third kappa shape index (κ3) is 3.80. The van der Waals surface area contributed by atoms with Gasteiger partial charge in [0.1, 0.15) is 6.54 Å². The van der Waals surface area contributed by atoms with Crippen LogP contribution in [0.4, 0.5) is 0 Å². The minimum absolute atomic E-state index is 0.0433. The van der Waals surface area contributed by atoms with Crippen molar-refractivity contribution in [3.8, 4) is 0 Å². The van der Waals surface area contributed by atoms with Gasteiger partial charge in [-0.2, -0.15) is 0 Å². The molecule has 0 radical (unpaired) electrons. The molecule has 0 spiro atoms. The maximum atomic E-state index is 12.2. The van der Waals surface area contributed by atoms with E-state index >= 15 is 0 Å². The van der Waals surface area contributed by atoms with E-state index in [-0.39, 0.29) is 10.5 Å². The maximum Gasteiger partial charge on any atom is 0.323 e. The van der Waals surface area contributed by atoms with Crippen LogP contribution in [0.3, 0.4) is 0 Å². The number of hydrogen-bond donors (Lipinski definition) is 1. The fourth-order valence-corrected chi connectivity index (χ4v) is 2.42. The van der Waals surface area contributed by atoms with Crippen molar-refractivity contribution in [2.75, 3.05) is 19.8 Å². The zero-order chi connectivity index (χ0) is 15.5. The van der Waals surface area contributed by atoms with Crippen molar-refractivity contribution in [1.29, 1.82) is 0 Å². The third-order valence-electron chi connectivity index (χ3n) is 2.84. The highest BCUT2D eigenvalue weighted by atomic mass is 32.2. The van der Waals surface area contributed by atoms with Gasteiger partial charge >= 0.3 is 5.97 Å². The molecule has 0 fully saturated rings. The van der Waals surface area contributed by atoms with Gasteiger partial charge in [-0.3, -0.25) is 9.59 Å². The summed E-state index contributed by atoms with van der Waals surface area (Å²) in [5.41, 5.74) is 0.902. The Morgan fingerprint density at radius 1 is 1.30 bits per heavy atom. The maximum absolute atomic E-state index is 12.2. The molecule has 0 aliphatic carbocycles. The number of nitrogens with zero attached hydrogens (tertiary/aromatic N) is 1. The van der Waals surface area contributed by atoms with E-state index in [1.807, 2.05) is 6.92 Å². The Morgan fingerprint density at radius 3 is 2.35 bits per heavy atom. The van der Waals surface area contributed by atoms with E-state index in [1.54, 1.807) is 6.07 Å². The van der Waals surface area contributed by atoms with Crippen molar-refractivity contribution in [3.63, 3.8) is 0 Å². The summed E-state index contributed by atoms with van der Waals surface area (Å²) >= 11 is 0. The Labute approximate surface area is 117 Å². The van der Waals surface area contributed by atoms with Gasteiger partial charge in [0.05, 0.1) is 4.90 Å². The molecule has 7 heteroatoms. The number of carboxylic acid groups (broad SMARTS) is 1. The normalized spacial score (nSPS) is 11.2. The first-order valence-corrected chi connectivity index (χ1v) is 7.86. The molecule has 0 atom stereocenters. The van der Waals surface area contributed by atoms with E-state index in [4.69, 9.17) is 5.11 Å². The molecule has 0 saturated carbocycles. The van der Waals surface area contributed by atoms with Crippen LogP contribution < -0.4 is 0 Å². The number of aryl methyl sites for hydroxylation is 1. The highest BCUT2D eigenvalue weighted by Gasteiger charge is 2.19. The molecule has 0 bridgehead atoms. The van der Waals surface area contributed by atoms with Crippen LogP contribution in [0.15, 0.2) is 23.1 Å². The van der Waals surface area contributed by atoms with Crippen molar-refractivity contribution in [3.05, 3.63) is 29.3 Å². The molecule has 0 aliphatic rings. The molecule has 0 saturated heterocycles. The number of carbonyl (C=O) groups excluding carboxylic acids is 1. The van der Waals surface area contributed by atoms with Crippen molar-refractivity contribution in [2.45, 2.75) is 18.2 Å². The first kappa shape index (κ1) is 16.2. The van der Waals surface area contributed by atoms with Crippen LogP contribution in [-0.4, -0.2) is 50.1 Å². The quantitative estimate of drug-likeness (QED) is 0.868. The van der Waals surface area contributed by atoms with Gasteiger partial charge in [-0.1, -0.05) is 13.0 Å². The summed E-state index contributed by atoms with van der Waals surface area (Å²) in [5.74, 6) is -1.63. The zero-order valence-electron chi connectivity index (χ0n) is 11.6. The lowest BCUT2D eigenvalue weighted by atomic mass is 10.0. The number of likely N-dealkylation sites (N-methyl/N-ethyl adjacent to an activating group) is 1. The van der Waals surface area contributed by atoms with Crippen LogP contribution in [0.2, 0.25) is 0 Å². The van der Waals surface area contributed by atoms with Gasteiger partial charge in [-0.25, -0.2) is 8.42 Å². The average Bonchev–Trinajstić information content (AvgIpc) is 2.35. The van der Waals surface area contributed by atoms with Crippen LogP contribution in [0.5, 0.6) is 0 Å². The smallest absolute Gasteiger partial charge is 0.323 e. The lowest BCUT2D eigenvalue weighted by molar-refractivity contribution is -0.137. The largest absolute Gasteiger partial charge is 0.480 e. The molecule has 1 amide bonds. The molecule has 6 nitrogen and oxygen atoms in total. The molecular formula is C13H17NO5S. The number of carboxylic acids is 1. The SMILES string of the molecule is CCc1ccc(S(C)(=O)=O)cc1C(=O)N(C)CC(=O)O. The molecule has 0 aliphatic heterocycles. The van der Waals surface area contributed by atoms with E-state index < -0.39 is 28.3 Å². The second-order valence-corrected chi connectivity index (χ2v) is 6.52. The Hall–Kier alpha value is -1.89. The van der Waals surface area contributed by atoms with Crippen LogP contribution >= 0.6 is 0 Å². The number of benzene rings is 1. The fourth-order valence-electron chi connectivity index (χ4n) is 1.77. The predicted molar refractivity (Wildman–Crippen MR) is 73.5 cm³/mol. The van der Waals surface area contributed by atoms with E-state index in [0.29, 0.717) is 12.0 Å². The second-order valence-electron chi connectivity index (χ2n) is 4.50. The van der Waals surface area contributed by atoms with Crippen LogP contribution in [-0.2, 0) is 21.1 Å². The third-order valence-corrected chi connectivity index (χ3v) is 3.95. The van der Waals surface area contributed by atoms with Gasteiger partial charge in [0.15, 0.2) is 9.84 Å². The molecule has 1 aromatic rings. The highest BCUT2D eigenvalue weighted by molar-refractivity contribution is 7.90. The second kappa shape index (κ2) is 6.04. The van der Waals surface area contributed by atoms with Crippen molar-refractivity contribution >= 4 is 21.7 Å². The lowest BCUT2D eigenvalue weighted by Gasteiger charge is -2.17. The van der Waals surface area contributed by atoms with Crippen molar-refractivity contribution in [1.82, 2.24) is 4.90 Å².